The number of fused-ring (bicyclic) bond motifs is 1. The van der Waals surface area contributed by atoms with Gasteiger partial charge in [0.05, 0.1) is 6.54 Å². The Morgan fingerprint density at radius 2 is 2.00 bits per heavy atom. The Kier molecular flexibility index (Phi) is 4.47. The fourth-order valence-corrected chi connectivity index (χ4v) is 3.73. The maximum absolute atomic E-state index is 12.2. The van der Waals surface area contributed by atoms with E-state index < -0.39 is 0 Å². The molecule has 3 nitrogen and oxygen atoms in total. The number of amides is 1. The molecule has 1 heterocycles. The molecule has 1 fully saturated rings. The highest BCUT2D eigenvalue weighted by molar-refractivity contribution is 5.82. The van der Waals surface area contributed by atoms with Crippen molar-refractivity contribution in [1.82, 2.24) is 5.32 Å². The molecule has 1 atom stereocenters. The number of nitrogens with zero attached hydrogens (tertiary/aromatic N) is 1. The summed E-state index contributed by atoms with van der Waals surface area (Å²) in [5, 5.41) is 3.15. The predicted molar refractivity (Wildman–Crippen MR) is 86.5 cm³/mol. The Bertz CT molecular complexity index is 494. The first-order valence-corrected chi connectivity index (χ1v) is 8.35. The largest absolute Gasteiger partial charge is 0.359 e. The number of hydrogen-bond acceptors (Lipinski definition) is 2. The van der Waals surface area contributed by atoms with E-state index in [1.165, 1.54) is 43.4 Å². The molecule has 0 aromatic heterocycles. The molecule has 2 aliphatic rings. The third-order valence-corrected chi connectivity index (χ3v) is 4.98. The van der Waals surface area contributed by atoms with Crippen molar-refractivity contribution in [3.05, 3.63) is 29.8 Å². The number of carbonyl (C=O) groups is 1. The summed E-state index contributed by atoms with van der Waals surface area (Å²) >= 11 is 0. The van der Waals surface area contributed by atoms with Crippen molar-refractivity contribution in [2.24, 2.45) is 5.92 Å². The molecule has 1 amide bonds. The summed E-state index contributed by atoms with van der Waals surface area (Å²) in [5.74, 6) is 0.870. The van der Waals surface area contributed by atoms with Gasteiger partial charge in [-0.2, -0.15) is 0 Å². The summed E-state index contributed by atoms with van der Waals surface area (Å²) in [6.07, 6.45) is 7.64. The number of benzene rings is 1. The van der Waals surface area contributed by atoms with Crippen molar-refractivity contribution < 1.29 is 4.79 Å². The third kappa shape index (κ3) is 3.39. The smallest absolute Gasteiger partial charge is 0.239 e. The van der Waals surface area contributed by atoms with Gasteiger partial charge in [-0.25, -0.2) is 0 Å². The van der Waals surface area contributed by atoms with Gasteiger partial charge in [0.25, 0.3) is 0 Å². The molecular formula is C18H26N2O. The third-order valence-electron chi connectivity index (χ3n) is 4.98. The zero-order valence-corrected chi connectivity index (χ0v) is 13.0. The Labute approximate surface area is 127 Å². The molecule has 1 aromatic carbocycles. The van der Waals surface area contributed by atoms with E-state index in [-0.39, 0.29) is 5.91 Å². The van der Waals surface area contributed by atoms with Crippen LogP contribution in [-0.2, 0) is 11.2 Å². The Morgan fingerprint density at radius 1 is 1.24 bits per heavy atom. The lowest BCUT2D eigenvalue weighted by Gasteiger charge is -2.26. The standard InChI is InChI=1S/C18H26N2O/c1-14-11-16-9-5-6-10-17(16)20(14)13-18(21)19-12-15-7-3-2-4-8-15/h5-6,9-10,14-15H,2-4,7-8,11-13H2,1H3,(H,19,21)/t14-/m0/s1. The van der Waals surface area contributed by atoms with Crippen LogP contribution in [0.4, 0.5) is 5.69 Å². The minimum absolute atomic E-state index is 0.170. The molecule has 21 heavy (non-hydrogen) atoms. The minimum Gasteiger partial charge on any atom is -0.359 e. The molecule has 1 N–H and O–H groups in total. The summed E-state index contributed by atoms with van der Waals surface area (Å²) < 4.78 is 0. The minimum atomic E-state index is 0.170. The van der Waals surface area contributed by atoms with E-state index in [9.17, 15) is 4.79 Å². The number of para-hydroxylation sites is 1. The number of nitrogens with one attached hydrogen (secondary N) is 1. The van der Waals surface area contributed by atoms with E-state index in [2.05, 4.69) is 41.4 Å². The summed E-state index contributed by atoms with van der Waals surface area (Å²) in [5.41, 5.74) is 2.60. The highest BCUT2D eigenvalue weighted by Crippen LogP contribution is 2.31. The van der Waals surface area contributed by atoms with Crippen LogP contribution in [-0.4, -0.2) is 25.0 Å². The number of carbonyl (C=O) groups excluding carboxylic acids is 1. The van der Waals surface area contributed by atoms with Gasteiger partial charge in [0.15, 0.2) is 0 Å². The summed E-state index contributed by atoms with van der Waals surface area (Å²) in [6.45, 7) is 3.56. The maximum atomic E-state index is 12.2. The molecule has 0 saturated heterocycles. The van der Waals surface area contributed by atoms with Crippen molar-refractivity contribution in [1.29, 1.82) is 0 Å². The van der Waals surface area contributed by atoms with Crippen LogP contribution in [0.5, 0.6) is 0 Å². The molecular weight excluding hydrogens is 260 g/mol. The fraction of sp³-hybridized carbons (Fsp3) is 0.611. The van der Waals surface area contributed by atoms with Gasteiger partial charge < -0.3 is 10.2 Å². The molecule has 3 rings (SSSR count). The summed E-state index contributed by atoms with van der Waals surface area (Å²) in [7, 11) is 0. The fourth-order valence-electron chi connectivity index (χ4n) is 3.73. The topological polar surface area (TPSA) is 32.3 Å². The summed E-state index contributed by atoms with van der Waals surface area (Å²) in [6, 6.07) is 8.86. The first-order chi connectivity index (χ1) is 10.2. The number of rotatable bonds is 4. The molecule has 114 valence electrons. The Morgan fingerprint density at radius 3 is 2.81 bits per heavy atom. The van der Waals surface area contributed by atoms with Crippen LogP contribution in [0.2, 0.25) is 0 Å². The normalized spacial score (nSPS) is 22.1. The van der Waals surface area contributed by atoms with Crippen molar-refractivity contribution >= 4 is 11.6 Å². The number of anilines is 1. The quantitative estimate of drug-likeness (QED) is 0.922. The van der Waals surface area contributed by atoms with Crippen LogP contribution in [0.3, 0.4) is 0 Å². The maximum Gasteiger partial charge on any atom is 0.239 e. The molecule has 3 heteroatoms. The van der Waals surface area contributed by atoms with E-state index in [0.717, 1.165) is 13.0 Å². The van der Waals surface area contributed by atoms with Gasteiger partial charge in [-0.05, 0) is 43.7 Å². The highest BCUT2D eigenvalue weighted by atomic mass is 16.2. The number of hydrogen-bond donors (Lipinski definition) is 1. The van der Waals surface area contributed by atoms with Crippen molar-refractivity contribution in [3.8, 4) is 0 Å². The zero-order chi connectivity index (χ0) is 14.7. The van der Waals surface area contributed by atoms with Gasteiger partial charge in [-0.15, -0.1) is 0 Å². The molecule has 0 bridgehead atoms. The monoisotopic (exact) mass is 286 g/mol. The molecule has 1 aromatic rings. The molecule has 1 aliphatic heterocycles. The second-order valence-electron chi connectivity index (χ2n) is 6.62. The first-order valence-electron chi connectivity index (χ1n) is 8.35. The van der Waals surface area contributed by atoms with Gasteiger partial charge in [0.2, 0.25) is 5.91 Å². The predicted octanol–water partition coefficient (Wildman–Crippen LogP) is 3.13. The zero-order valence-electron chi connectivity index (χ0n) is 13.0. The average molecular weight is 286 g/mol. The lowest BCUT2D eigenvalue weighted by atomic mass is 9.89. The van der Waals surface area contributed by atoms with Crippen molar-refractivity contribution in [3.63, 3.8) is 0 Å². The first kappa shape index (κ1) is 14.4. The van der Waals surface area contributed by atoms with Crippen LogP contribution in [0, 0.1) is 5.92 Å². The van der Waals surface area contributed by atoms with Crippen molar-refractivity contribution in [2.45, 2.75) is 51.5 Å². The lowest BCUT2D eigenvalue weighted by Crippen LogP contribution is -2.41. The van der Waals surface area contributed by atoms with Gasteiger partial charge in [0, 0.05) is 18.3 Å². The van der Waals surface area contributed by atoms with E-state index in [1.807, 2.05) is 0 Å². The van der Waals surface area contributed by atoms with Crippen LogP contribution in [0.25, 0.3) is 0 Å². The Balaban J connectivity index is 1.52. The molecule has 0 spiro atoms. The molecule has 0 radical (unpaired) electrons. The molecule has 1 aliphatic carbocycles. The summed E-state index contributed by atoms with van der Waals surface area (Å²) in [4.78, 5) is 14.5. The second kappa shape index (κ2) is 6.50. The molecule has 1 saturated carbocycles. The van der Waals surface area contributed by atoms with E-state index >= 15 is 0 Å². The van der Waals surface area contributed by atoms with Gasteiger partial charge in [-0.3, -0.25) is 4.79 Å². The lowest BCUT2D eigenvalue weighted by molar-refractivity contribution is -0.120. The van der Waals surface area contributed by atoms with Crippen LogP contribution in [0.1, 0.15) is 44.6 Å². The molecule has 0 unspecified atom stereocenters. The highest BCUT2D eigenvalue weighted by Gasteiger charge is 2.27. The second-order valence-corrected chi connectivity index (χ2v) is 6.62. The SMILES string of the molecule is C[C@H]1Cc2ccccc2N1CC(=O)NCC1CCCCC1. The van der Waals surface area contributed by atoms with Crippen LogP contribution >= 0.6 is 0 Å². The van der Waals surface area contributed by atoms with E-state index in [0.29, 0.717) is 18.5 Å². The van der Waals surface area contributed by atoms with E-state index in [4.69, 9.17) is 0 Å². The van der Waals surface area contributed by atoms with Gasteiger partial charge in [-0.1, -0.05) is 37.5 Å². The van der Waals surface area contributed by atoms with Gasteiger partial charge >= 0.3 is 0 Å². The Hall–Kier alpha value is -1.51. The van der Waals surface area contributed by atoms with Crippen molar-refractivity contribution in [2.75, 3.05) is 18.0 Å². The van der Waals surface area contributed by atoms with Crippen LogP contribution < -0.4 is 10.2 Å². The average Bonchev–Trinajstić information content (AvgIpc) is 2.82. The van der Waals surface area contributed by atoms with E-state index in [1.54, 1.807) is 0 Å². The van der Waals surface area contributed by atoms with Crippen LogP contribution in [0.15, 0.2) is 24.3 Å². The van der Waals surface area contributed by atoms with Gasteiger partial charge in [0.1, 0.15) is 0 Å².